The molecular weight excluding hydrogens is 452 g/mol. The van der Waals surface area contributed by atoms with Crippen LogP contribution in [0.4, 0.5) is 10.5 Å². The number of aliphatic hydroxyl groups is 1. The Labute approximate surface area is 201 Å². The topological polar surface area (TPSA) is 93.2 Å². The van der Waals surface area contributed by atoms with Crippen LogP contribution in [-0.4, -0.2) is 80.2 Å². The molecule has 184 valence electrons. The third-order valence-electron chi connectivity index (χ3n) is 7.61. The Bertz CT molecular complexity index is 1170. The predicted octanol–water partition coefficient (Wildman–Crippen LogP) is 2.76. The molecule has 2 bridgehead atoms. The number of nitrogens with one attached hydrogen (secondary N) is 1. The minimum atomic E-state index is -3.72. The third kappa shape index (κ3) is 4.14. The van der Waals surface area contributed by atoms with E-state index >= 15 is 0 Å². The number of hydrogen-bond donors (Lipinski definition) is 2. The third-order valence-corrected chi connectivity index (χ3v) is 9.54. The first-order valence-electron chi connectivity index (χ1n) is 12.2. The molecule has 0 aromatic heterocycles. The van der Waals surface area contributed by atoms with E-state index < -0.39 is 10.0 Å². The van der Waals surface area contributed by atoms with Crippen molar-refractivity contribution < 1.29 is 18.3 Å². The molecule has 1 unspecified atom stereocenters. The summed E-state index contributed by atoms with van der Waals surface area (Å²) in [6, 6.07) is 11.0. The summed E-state index contributed by atoms with van der Waals surface area (Å²) < 4.78 is 29.0. The molecule has 3 aliphatic heterocycles. The Morgan fingerprint density at radius 1 is 1.03 bits per heavy atom. The number of aliphatic hydroxyl groups excluding tert-OH is 1. The number of urea groups is 1. The lowest BCUT2D eigenvalue weighted by Crippen LogP contribution is -2.57. The number of anilines is 1. The molecule has 0 spiro atoms. The summed E-state index contributed by atoms with van der Waals surface area (Å²) in [5, 5.41) is 14.8. The van der Waals surface area contributed by atoms with Crippen LogP contribution in [0.5, 0.6) is 0 Å². The van der Waals surface area contributed by atoms with Crippen molar-refractivity contribution in [1.29, 1.82) is 0 Å². The smallest absolute Gasteiger partial charge is 0.318 e. The first kappa shape index (κ1) is 23.4. The summed E-state index contributed by atoms with van der Waals surface area (Å²) in [6.07, 6.45) is 4.24. The zero-order valence-corrected chi connectivity index (χ0v) is 20.7. The molecule has 2 amide bonds. The standard InChI is InChI=1S/C25H34N4O4S/c1-27(2)23-9-3-8-22-21(23)7-4-10-24(22)34(32,33)28-13-5-6-17(16-28)26-25(31)29-18-11-12-19(29)15-20(30)14-18/h3-4,7-10,17-20,30H,5-6,11-16H2,1-2H3,(H,26,31)/t17-,18-,19+,20?/m0/s1. The molecule has 3 heterocycles. The van der Waals surface area contributed by atoms with Gasteiger partial charge in [0, 0.05) is 61.8 Å². The summed E-state index contributed by atoms with van der Waals surface area (Å²) >= 11 is 0. The fourth-order valence-corrected chi connectivity index (χ4v) is 7.76. The number of amides is 2. The number of fused-ring (bicyclic) bond motifs is 3. The first-order chi connectivity index (χ1) is 16.3. The highest BCUT2D eigenvalue weighted by atomic mass is 32.2. The quantitative estimate of drug-likeness (QED) is 0.693. The van der Waals surface area contributed by atoms with E-state index in [1.54, 1.807) is 12.1 Å². The van der Waals surface area contributed by atoms with Crippen molar-refractivity contribution in [3.63, 3.8) is 0 Å². The van der Waals surface area contributed by atoms with E-state index in [-0.39, 0.29) is 36.8 Å². The van der Waals surface area contributed by atoms with Crippen LogP contribution in [0.1, 0.15) is 38.5 Å². The highest BCUT2D eigenvalue weighted by Gasteiger charge is 2.43. The van der Waals surface area contributed by atoms with E-state index in [2.05, 4.69) is 5.32 Å². The molecule has 0 radical (unpaired) electrons. The van der Waals surface area contributed by atoms with Gasteiger partial charge in [-0.05, 0) is 50.7 Å². The molecule has 34 heavy (non-hydrogen) atoms. The first-order valence-corrected chi connectivity index (χ1v) is 13.7. The fraction of sp³-hybridized carbons (Fsp3) is 0.560. The summed E-state index contributed by atoms with van der Waals surface area (Å²) in [6.45, 7) is 0.712. The van der Waals surface area contributed by atoms with Crippen molar-refractivity contribution >= 4 is 32.5 Å². The van der Waals surface area contributed by atoms with E-state index in [1.165, 1.54) is 4.31 Å². The van der Waals surface area contributed by atoms with Gasteiger partial charge in [0.1, 0.15) is 0 Å². The van der Waals surface area contributed by atoms with Crippen molar-refractivity contribution in [2.24, 2.45) is 0 Å². The van der Waals surface area contributed by atoms with Gasteiger partial charge >= 0.3 is 6.03 Å². The largest absolute Gasteiger partial charge is 0.393 e. The van der Waals surface area contributed by atoms with Gasteiger partial charge in [0.05, 0.1) is 11.0 Å². The maximum Gasteiger partial charge on any atom is 0.318 e. The number of carbonyl (C=O) groups is 1. The second kappa shape index (κ2) is 9.02. The maximum absolute atomic E-state index is 13.7. The van der Waals surface area contributed by atoms with Gasteiger partial charge in [-0.25, -0.2) is 13.2 Å². The normalized spacial score (nSPS) is 27.7. The van der Waals surface area contributed by atoms with Crippen molar-refractivity contribution in [3.05, 3.63) is 36.4 Å². The van der Waals surface area contributed by atoms with Gasteiger partial charge < -0.3 is 20.2 Å². The Kier molecular flexibility index (Phi) is 6.20. The summed E-state index contributed by atoms with van der Waals surface area (Å²) in [5.74, 6) is 0. The second-order valence-corrected chi connectivity index (χ2v) is 12.0. The average Bonchev–Trinajstić information content (AvgIpc) is 3.09. The van der Waals surface area contributed by atoms with Gasteiger partial charge in [-0.15, -0.1) is 0 Å². The minimum absolute atomic E-state index is 0.0822. The molecule has 9 heteroatoms. The number of nitrogens with zero attached hydrogens (tertiary/aromatic N) is 3. The maximum atomic E-state index is 13.7. The fourth-order valence-electron chi connectivity index (χ4n) is 6.03. The molecule has 2 aromatic rings. The average molecular weight is 487 g/mol. The number of hydrogen-bond acceptors (Lipinski definition) is 5. The van der Waals surface area contributed by atoms with Crippen LogP contribution in [-0.2, 0) is 10.0 Å². The van der Waals surface area contributed by atoms with Crippen LogP contribution in [0, 0.1) is 0 Å². The number of piperidine rings is 2. The van der Waals surface area contributed by atoms with Gasteiger partial charge in [0.25, 0.3) is 0 Å². The number of carbonyl (C=O) groups excluding carboxylic acids is 1. The Morgan fingerprint density at radius 2 is 1.71 bits per heavy atom. The van der Waals surface area contributed by atoms with Crippen LogP contribution in [0.2, 0.25) is 0 Å². The van der Waals surface area contributed by atoms with Gasteiger partial charge in [-0.3, -0.25) is 0 Å². The van der Waals surface area contributed by atoms with E-state index in [1.807, 2.05) is 48.2 Å². The molecular formula is C25H34N4O4S. The zero-order valence-electron chi connectivity index (χ0n) is 19.9. The molecule has 0 aliphatic carbocycles. The SMILES string of the molecule is CN(C)c1cccc2c(S(=O)(=O)N3CCC[C@H](NC(=O)N4[C@@H]5CC[C@H]4CC(O)C5)C3)cccc12. The molecule has 2 aromatic carbocycles. The Hall–Kier alpha value is -2.36. The lowest BCUT2D eigenvalue weighted by atomic mass is 10.0. The monoisotopic (exact) mass is 486 g/mol. The van der Waals surface area contributed by atoms with Crippen LogP contribution < -0.4 is 10.2 Å². The molecule has 3 saturated heterocycles. The van der Waals surface area contributed by atoms with E-state index in [9.17, 15) is 18.3 Å². The molecule has 3 aliphatic rings. The lowest BCUT2D eigenvalue weighted by Gasteiger charge is -2.39. The van der Waals surface area contributed by atoms with Crippen LogP contribution in [0.3, 0.4) is 0 Å². The second-order valence-electron chi connectivity index (χ2n) is 10.1. The summed E-state index contributed by atoms with van der Waals surface area (Å²) in [7, 11) is 0.171. The van der Waals surface area contributed by atoms with E-state index in [0.29, 0.717) is 36.1 Å². The van der Waals surface area contributed by atoms with Crippen molar-refractivity contribution in [1.82, 2.24) is 14.5 Å². The van der Waals surface area contributed by atoms with Crippen LogP contribution >= 0.6 is 0 Å². The Morgan fingerprint density at radius 3 is 2.41 bits per heavy atom. The summed E-state index contributed by atoms with van der Waals surface area (Å²) in [5.41, 5.74) is 0.972. The van der Waals surface area contributed by atoms with Crippen molar-refractivity contribution in [2.45, 2.75) is 67.6 Å². The van der Waals surface area contributed by atoms with Gasteiger partial charge in [0.2, 0.25) is 10.0 Å². The molecule has 4 atom stereocenters. The molecule has 8 nitrogen and oxygen atoms in total. The van der Waals surface area contributed by atoms with Crippen molar-refractivity contribution in [3.8, 4) is 0 Å². The highest BCUT2D eigenvalue weighted by Crippen LogP contribution is 2.36. The van der Waals surface area contributed by atoms with E-state index in [0.717, 1.165) is 30.3 Å². The lowest BCUT2D eigenvalue weighted by molar-refractivity contribution is 0.0528. The van der Waals surface area contributed by atoms with Gasteiger partial charge in [-0.1, -0.05) is 24.3 Å². The molecule has 2 N–H and O–H groups in total. The Balaban J connectivity index is 1.35. The predicted molar refractivity (Wildman–Crippen MR) is 132 cm³/mol. The van der Waals surface area contributed by atoms with Gasteiger partial charge in [0.15, 0.2) is 0 Å². The minimum Gasteiger partial charge on any atom is -0.393 e. The number of rotatable bonds is 4. The number of sulfonamides is 1. The van der Waals surface area contributed by atoms with Gasteiger partial charge in [-0.2, -0.15) is 4.31 Å². The zero-order chi connectivity index (χ0) is 24.0. The number of benzene rings is 2. The van der Waals surface area contributed by atoms with Crippen molar-refractivity contribution in [2.75, 3.05) is 32.1 Å². The molecule has 3 fully saturated rings. The molecule has 0 saturated carbocycles. The highest BCUT2D eigenvalue weighted by molar-refractivity contribution is 7.89. The summed E-state index contributed by atoms with van der Waals surface area (Å²) in [4.78, 5) is 17.3. The molecule has 5 rings (SSSR count). The van der Waals surface area contributed by atoms with Crippen LogP contribution in [0.25, 0.3) is 10.8 Å². The van der Waals surface area contributed by atoms with E-state index in [4.69, 9.17) is 0 Å². The van der Waals surface area contributed by atoms with Crippen LogP contribution in [0.15, 0.2) is 41.3 Å².